The van der Waals surface area contributed by atoms with Gasteiger partial charge in [-0.05, 0) is 20.3 Å². The SMILES string of the molecule is CCCCCC[C@@H]1N=C(C)[C@@H](C)S1. The molecule has 0 aromatic rings. The van der Waals surface area contributed by atoms with Crippen molar-refractivity contribution < 1.29 is 0 Å². The number of unbranched alkanes of at least 4 members (excludes halogenated alkanes) is 3. The maximum absolute atomic E-state index is 4.65. The van der Waals surface area contributed by atoms with E-state index in [1.807, 2.05) is 11.8 Å². The molecule has 0 N–H and O–H groups in total. The van der Waals surface area contributed by atoms with E-state index < -0.39 is 0 Å². The largest absolute Gasteiger partial charge is 0.279 e. The molecular formula is C11H21NS. The van der Waals surface area contributed by atoms with Crippen LogP contribution in [0.25, 0.3) is 0 Å². The second kappa shape index (κ2) is 5.69. The summed E-state index contributed by atoms with van der Waals surface area (Å²) in [7, 11) is 0. The van der Waals surface area contributed by atoms with Crippen molar-refractivity contribution >= 4 is 17.5 Å². The lowest BCUT2D eigenvalue weighted by Gasteiger charge is -2.06. The van der Waals surface area contributed by atoms with E-state index in [2.05, 4.69) is 25.8 Å². The topological polar surface area (TPSA) is 12.4 Å². The van der Waals surface area contributed by atoms with Crippen LogP contribution in [0.4, 0.5) is 0 Å². The van der Waals surface area contributed by atoms with Gasteiger partial charge in [-0.1, -0.05) is 32.6 Å². The summed E-state index contributed by atoms with van der Waals surface area (Å²) in [4.78, 5) is 4.65. The minimum atomic E-state index is 0.576. The van der Waals surface area contributed by atoms with Gasteiger partial charge in [0.05, 0.1) is 5.37 Å². The molecule has 0 bridgehead atoms. The predicted octanol–water partition coefficient (Wildman–Crippen LogP) is 3.88. The Balaban J connectivity index is 2.10. The van der Waals surface area contributed by atoms with Gasteiger partial charge in [0.2, 0.25) is 0 Å². The van der Waals surface area contributed by atoms with Crippen LogP contribution in [0.5, 0.6) is 0 Å². The van der Waals surface area contributed by atoms with Crippen LogP contribution in [0.2, 0.25) is 0 Å². The van der Waals surface area contributed by atoms with E-state index in [4.69, 9.17) is 0 Å². The smallest absolute Gasteiger partial charge is 0.0957 e. The average Bonchev–Trinajstić information content (AvgIpc) is 2.41. The summed E-state index contributed by atoms with van der Waals surface area (Å²) < 4.78 is 0. The molecule has 0 spiro atoms. The maximum atomic E-state index is 4.65. The van der Waals surface area contributed by atoms with Crippen LogP contribution in [0.15, 0.2) is 4.99 Å². The Hall–Kier alpha value is 0.0200. The van der Waals surface area contributed by atoms with E-state index in [-0.39, 0.29) is 0 Å². The molecule has 13 heavy (non-hydrogen) atoms. The van der Waals surface area contributed by atoms with Crippen molar-refractivity contribution in [3.63, 3.8) is 0 Å². The Kier molecular flexibility index (Phi) is 4.86. The summed E-state index contributed by atoms with van der Waals surface area (Å²) in [6.45, 7) is 6.67. The van der Waals surface area contributed by atoms with Gasteiger partial charge in [0.1, 0.15) is 0 Å². The number of nitrogens with zero attached hydrogens (tertiary/aromatic N) is 1. The molecule has 0 unspecified atom stereocenters. The van der Waals surface area contributed by atoms with Gasteiger partial charge in [-0.15, -0.1) is 11.8 Å². The molecule has 2 heteroatoms. The van der Waals surface area contributed by atoms with Crippen molar-refractivity contribution in [2.45, 2.75) is 63.5 Å². The van der Waals surface area contributed by atoms with Gasteiger partial charge >= 0.3 is 0 Å². The zero-order valence-electron chi connectivity index (χ0n) is 9.05. The summed E-state index contributed by atoms with van der Waals surface area (Å²) in [6.07, 6.45) is 6.74. The number of thioether (sulfide) groups is 1. The highest BCUT2D eigenvalue weighted by Gasteiger charge is 2.21. The van der Waals surface area contributed by atoms with E-state index in [9.17, 15) is 0 Å². The third kappa shape index (κ3) is 3.72. The monoisotopic (exact) mass is 199 g/mol. The highest BCUT2D eigenvalue weighted by Crippen LogP contribution is 2.30. The average molecular weight is 199 g/mol. The Morgan fingerprint density at radius 1 is 1.31 bits per heavy atom. The van der Waals surface area contributed by atoms with Crippen molar-refractivity contribution in [1.29, 1.82) is 0 Å². The van der Waals surface area contributed by atoms with Crippen molar-refractivity contribution in [1.82, 2.24) is 0 Å². The van der Waals surface area contributed by atoms with Gasteiger partial charge in [-0.25, -0.2) is 0 Å². The molecular weight excluding hydrogens is 178 g/mol. The number of hydrogen-bond acceptors (Lipinski definition) is 2. The first-order valence-electron chi connectivity index (χ1n) is 5.43. The lowest BCUT2D eigenvalue weighted by atomic mass is 10.1. The summed E-state index contributed by atoms with van der Waals surface area (Å²) in [5.74, 6) is 0. The van der Waals surface area contributed by atoms with Gasteiger partial charge in [0, 0.05) is 11.0 Å². The first-order valence-corrected chi connectivity index (χ1v) is 6.38. The Morgan fingerprint density at radius 3 is 2.62 bits per heavy atom. The molecule has 0 aliphatic carbocycles. The van der Waals surface area contributed by atoms with Crippen molar-refractivity contribution in [2.24, 2.45) is 4.99 Å². The van der Waals surface area contributed by atoms with Crippen LogP contribution in [0.1, 0.15) is 52.9 Å². The lowest BCUT2D eigenvalue weighted by Crippen LogP contribution is -2.02. The highest BCUT2D eigenvalue weighted by molar-refractivity contribution is 8.01. The number of rotatable bonds is 5. The molecule has 1 nitrogen and oxygen atoms in total. The second-order valence-electron chi connectivity index (χ2n) is 3.85. The first-order chi connectivity index (χ1) is 6.24. The van der Waals surface area contributed by atoms with Gasteiger partial charge in [0.25, 0.3) is 0 Å². The number of hydrogen-bond donors (Lipinski definition) is 0. The first kappa shape index (κ1) is 11.1. The maximum Gasteiger partial charge on any atom is 0.0957 e. The molecule has 1 aliphatic rings. The Morgan fingerprint density at radius 2 is 2.08 bits per heavy atom. The summed E-state index contributed by atoms with van der Waals surface area (Å²) in [5.41, 5.74) is 1.34. The van der Waals surface area contributed by atoms with Crippen LogP contribution >= 0.6 is 11.8 Å². The van der Waals surface area contributed by atoms with Crippen molar-refractivity contribution in [3.8, 4) is 0 Å². The summed E-state index contributed by atoms with van der Waals surface area (Å²) in [6, 6.07) is 0. The van der Waals surface area contributed by atoms with Crippen LogP contribution < -0.4 is 0 Å². The van der Waals surface area contributed by atoms with E-state index in [0.29, 0.717) is 10.6 Å². The van der Waals surface area contributed by atoms with Gasteiger partial charge in [0.15, 0.2) is 0 Å². The van der Waals surface area contributed by atoms with E-state index >= 15 is 0 Å². The molecule has 0 saturated carbocycles. The standard InChI is InChI=1S/C11H21NS/c1-4-5-6-7-8-11-12-9(2)10(3)13-11/h10-11H,4-8H2,1-3H3/t10-,11-/m1/s1. The van der Waals surface area contributed by atoms with E-state index in [1.54, 1.807) is 0 Å². The summed E-state index contributed by atoms with van der Waals surface area (Å²) >= 11 is 2.03. The van der Waals surface area contributed by atoms with Crippen LogP contribution in [-0.4, -0.2) is 16.3 Å². The molecule has 0 radical (unpaired) electrons. The molecule has 2 atom stereocenters. The minimum Gasteiger partial charge on any atom is -0.279 e. The van der Waals surface area contributed by atoms with Gasteiger partial charge in [-0.3, -0.25) is 4.99 Å². The van der Waals surface area contributed by atoms with Gasteiger partial charge in [-0.2, -0.15) is 0 Å². The molecule has 1 heterocycles. The Bertz CT molecular complexity index is 177. The second-order valence-corrected chi connectivity index (χ2v) is 5.38. The zero-order chi connectivity index (χ0) is 9.68. The molecule has 0 aromatic carbocycles. The fourth-order valence-electron chi connectivity index (χ4n) is 1.57. The lowest BCUT2D eigenvalue weighted by molar-refractivity contribution is 0.626. The molecule has 76 valence electrons. The van der Waals surface area contributed by atoms with Crippen LogP contribution in [0.3, 0.4) is 0 Å². The van der Waals surface area contributed by atoms with Crippen LogP contribution in [0, 0.1) is 0 Å². The van der Waals surface area contributed by atoms with E-state index in [1.165, 1.54) is 37.8 Å². The number of aliphatic imine (C=N–C) groups is 1. The molecule has 0 amide bonds. The fraction of sp³-hybridized carbons (Fsp3) is 0.909. The predicted molar refractivity (Wildman–Crippen MR) is 62.7 cm³/mol. The fourth-order valence-corrected chi connectivity index (χ4v) is 2.83. The van der Waals surface area contributed by atoms with E-state index in [0.717, 1.165) is 0 Å². The molecule has 0 saturated heterocycles. The zero-order valence-corrected chi connectivity index (χ0v) is 9.86. The third-order valence-corrected chi connectivity index (χ3v) is 4.01. The molecule has 0 aromatic heterocycles. The van der Waals surface area contributed by atoms with Crippen molar-refractivity contribution in [2.75, 3.05) is 0 Å². The quantitative estimate of drug-likeness (QED) is 0.612. The molecule has 1 aliphatic heterocycles. The normalized spacial score (nSPS) is 27.8. The molecule has 1 rings (SSSR count). The van der Waals surface area contributed by atoms with Gasteiger partial charge < -0.3 is 0 Å². The third-order valence-electron chi connectivity index (χ3n) is 2.60. The highest BCUT2D eigenvalue weighted by atomic mass is 32.2. The minimum absolute atomic E-state index is 0.576. The Labute approximate surface area is 86.4 Å². The van der Waals surface area contributed by atoms with Crippen molar-refractivity contribution in [3.05, 3.63) is 0 Å². The summed E-state index contributed by atoms with van der Waals surface area (Å²) in [5, 5.41) is 1.24. The van der Waals surface area contributed by atoms with Crippen LogP contribution in [-0.2, 0) is 0 Å². The molecule has 0 fully saturated rings.